The molecule has 112 valence electrons. The molecule has 2 atom stereocenters. The molecule has 1 fully saturated rings. The van der Waals surface area contributed by atoms with Gasteiger partial charge in [0.15, 0.2) is 0 Å². The van der Waals surface area contributed by atoms with Crippen molar-refractivity contribution in [2.45, 2.75) is 46.7 Å². The lowest BCUT2D eigenvalue weighted by Gasteiger charge is -2.37. The van der Waals surface area contributed by atoms with Crippen LogP contribution in [0.15, 0.2) is 18.2 Å². The molecule has 20 heavy (non-hydrogen) atoms. The van der Waals surface area contributed by atoms with Crippen LogP contribution in [0.2, 0.25) is 0 Å². The Labute approximate surface area is 122 Å². The van der Waals surface area contributed by atoms with Gasteiger partial charge < -0.3 is 10.2 Å². The third-order valence-corrected chi connectivity index (χ3v) is 3.93. The van der Waals surface area contributed by atoms with Crippen LogP contribution in [0.1, 0.15) is 39.7 Å². The van der Waals surface area contributed by atoms with Gasteiger partial charge in [-0.2, -0.15) is 0 Å². The molecule has 0 radical (unpaired) electrons. The standard InChI is InChI=1S/C17H27FN2/c1-12(2)19-9-15-5-6-16(18)17(8-15)20-10-13(3)7-14(4)11-20/h5-6,8,12-14,19H,7,9-11H2,1-4H3. The molecule has 0 amide bonds. The number of piperidine rings is 1. The fourth-order valence-electron chi connectivity index (χ4n) is 3.09. The van der Waals surface area contributed by atoms with Crippen LogP contribution in [0, 0.1) is 17.7 Å². The van der Waals surface area contributed by atoms with Crippen LogP contribution in [-0.2, 0) is 6.54 Å². The van der Waals surface area contributed by atoms with E-state index in [4.69, 9.17) is 0 Å². The van der Waals surface area contributed by atoms with E-state index in [1.54, 1.807) is 6.07 Å². The van der Waals surface area contributed by atoms with Gasteiger partial charge >= 0.3 is 0 Å². The molecule has 1 N–H and O–H groups in total. The van der Waals surface area contributed by atoms with Gasteiger partial charge in [-0.25, -0.2) is 4.39 Å². The van der Waals surface area contributed by atoms with E-state index in [1.165, 1.54) is 6.42 Å². The van der Waals surface area contributed by atoms with Crippen molar-refractivity contribution in [3.8, 4) is 0 Å². The molecule has 0 aromatic heterocycles. The van der Waals surface area contributed by atoms with Crippen molar-refractivity contribution in [1.82, 2.24) is 5.32 Å². The second kappa shape index (κ2) is 6.57. The minimum atomic E-state index is -0.0976. The van der Waals surface area contributed by atoms with Crippen LogP contribution in [0.4, 0.5) is 10.1 Å². The summed E-state index contributed by atoms with van der Waals surface area (Å²) in [7, 11) is 0. The average Bonchev–Trinajstić information content (AvgIpc) is 2.36. The summed E-state index contributed by atoms with van der Waals surface area (Å²) < 4.78 is 14.1. The first-order valence-electron chi connectivity index (χ1n) is 7.72. The molecule has 0 spiro atoms. The number of nitrogens with zero attached hydrogens (tertiary/aromatic N) is 1. The number of rotatable bonds is 4. The van der Waals surface area contributed by atoms with Gasteiger partial charge in [0.05, 0.1) is 5.69 Å². The van der Waals surface area contributed by atoms with Crippen LogP contribution >= 0.6 is 0 Å². The van der Waals surface area contributed by atoms with Crippen LogP contribution in [0.25, 0.3) is 0 Å². The lowest BCUT2D eigenvalue weighted by atomic mass is 9.91. The summed E-state index contributed by atoms with van der Waals surface area (Å²) in [4.78, 5) is 2.22. The quantitative estimate of drug-likeness (QED) is 0.901. The molecule has 2 unspecified atom stereocenters. The normalized spacial score (nSPS) is 23.4. The minimum Gasteiger partial charge on any atom is -0.369 e. The summed E-state index contributed by atoms with van der Waals surface area (Å²) in [6, 6.07) is 5.94. The summed E-state index contributed by atoms with van der Waals surface area (Å²) >= 11 is 0. The smallest absolute Gasteiger partial charge is 0.146 e. The van der Waals surface area contributed by atoms with E-state index < -0.39 is 0 Å². The van der Waals surface area contributed by atoms with Crippen LogP contribution in [0.3, 0.4) is 0 Å². The van der Waals surface area contributed by atoms with Crippen molar-refractivity contribution in [1.29, 1.82) is 0 Å². The molecule has 1 aliphatic rings. The predicted octanol–water partition coefficient (Wildman–Crippen LogP) is 3.81. The Kier molecular flexibility index (Phi) is 5.03. The zero-order valence-electron chi connectivity index (χ0n) is 13.1. The van der Waals surface area contributed by atoms with E-state index in [0.717, 1.165) is 30.9 Å². The Morgan fingerprint density at radius 3 is 2.50 bits per heavy atom. The average molecular weight is 278 g/mol. The second-order valence-electron chi connectivity index (χ2n) is 6.67. The van der Waals surface area contributed by atoms with Crippen molar-refractivity contribution in [3.05, 3.63) is 29.6 Å². The molecular formula is C17H27FN2. The second-order valence-corrected chi connectivity index (χ2v) is 6.67. The maximum Gasteiger partial charge on any atom is 0.146 e. The van der Waals surface area contributed by atoms with E-state index in [-0.39, 0.29) is 5.82 Å². The predicted molar refractivity (Wildman–Crippen MR) is 83.5 cm³/mol. The zero-order valence-corrected chi connectivity index (χ0v) is 13.1. The van der Waals surface area contributed by atoms with E-state index in [1.807, 2.05) is 12.1 Å². The highest BCUT2D eigenvalue weighted by molar-refractivity contribution is 5.50. The highest BCUT2D eigenvalue weighted by Gasteiger charge is 2.23. The van der Waals surface area contributed by atoms with Gasteiger partial charge in [0, 0.05) is 25.7 Å². The summed E-state index contributed by atoms with van der Waals surface area (Å²) in [5.41, 5.74) is 1.92. The summed E-state index contributed by atoms with van der Waals surface area (Å²) in [5, 5.41) is 3.39. The van der Waals surface area contributed by atoms with Gasteiger partial charge in [-0.1, -0.05) is 33.8 Å². The van der Waals surface area contributed by atoms with Gasteiger partial charge in [0.1, 0.15) is 5.82 Å². The van der Waals surface area contributed by atoms with Crippen molar-refractivity contribution in [2.75, 3.05) is 18.0 Å². The largest absolute Gasteiger partial charge is 0.369 e. The highest BCUT2D eigenvalue weighted by Crippen LogP contribution is 2.28. The Balaban J connectivity index is 2.15. The van der Waals surface area contributed by atoms with Crippen molar-refractivity contribution in [2.24, 2.45) is 11.8 Å². The SMILES string of the molecule is CC1CC(C)CN(c2cc(CNC(C)C)ccc2F)C1. The van der Waals surface area contributed by atoms with E-state index >= 15 is 0 Å². The molecular weight excluding hydrogens is 251 g/mol. The first-order valence-corrected chi connectivity index (χ1v) is 7.72. The monoisotopic (exact) mass is 278 g/mol. The Hall–Kier alpha value is -1.09. The number of nitrogens with one attached hydrogen (secondary N) is 1. The van der Waals surface area contributed by atoms with Gasteiger partial charge in [0.2, 0.25) is 0 Å². The molecule has 2 nitrogen and oxygen atoms in total. The van der Waals surface area contributed by atoms with Gasteiger partial charge in [0.25, 0.3) is 0 Å². The molecule has 1 aliphatic heterocycles. The molecule has 1 heterocycles. The lowest BCUT2D eigenvalue weighted by Crippen LogP contribution is -2.39. The molecule has 0 saturated carbocycles. The third kappa shape index (κ3) is 3.95. The highest BCUT2D eigenvalue weighted by atomic mass is 19.1. The number of benzene rings is 1. The van der Waals surface area contributed by atoms with E-state index in [0.29, 0.717) is 17.9 Å². The molecule has 1 aromatic carbocycles. The number of anilines is 1. The van der Waals surface area contributed by atoms with Gasteiger partial charge in [-0.3, -0.25) is 0 Å². The van der Waals surface area contributed by atoms with Crippen LogP contribution in [-0.4, -0.2) is 19.1 Å². The first-order chi connectivity index (χ1) is 9.45. The first kappa shape index (κ1) is 15.3. The summed E-state index contributed by atoms with van der Waals surface area (Å²) in [5.74, 6) is 1.17. The van der Waals surface area contributed by atoms with E-state index in [9.17, 15) is 4.39 Å². The minimum absolute atomic E-state index is 0.0976. The maximum absolute atomic E-state index is 14.1. The van der Waals surface area contributed by atoms with Crippen molar-refractivity contribution >= 4 is 5.69 Å². The van der Waals surface area contributed by atoms with Gasteiger partial charge in [-0.15, -0.1) is 0 Å². The van der Waals surface area contributed by atoms with Gasteiger partial charge in [-0.05, 0) is 36.0 Å². The fraction of sp³-hybridized carbons (Fsp3) is 0.647. The maximum atomic E-state index is 14.1. The number of hydrogen-bond acceptors (Lipinski definition) is 2. The molecule has 3 heteroatoms. The topological polar surface area (TPSA) is 15.3 Å². The lowest BCUT2D eigenvalue weighted by molar-refractivity contribution is 0.354. The summed E-state index contributed by atoms with van der Waals surface area (Å²) in [6.07, 6.45) is 1.24. The fourth-order valence-corrected chi connectivity index (χ4v) is 3.09. The number of hydrogen-bond donors (Lipinski definition) is 1. The molecule has 2 rings (SSSR count). The molecule has 1 aromatic rings. The molecule has 1 saturated heterocycles. The van der Waals surface area contributed by atoms with E-state index in [2.05, 4.69) is 37.9 Å². The number of halogens is 1. The third-order valence-electron chi connectivity index (χ3n) is 3.93. The zero-order chi connectivity index (χ0) is 14.7. The Morgan fingerprint density at radius 2 is 1.90 bits per heavy atom. The summed E-state index contributed by atoms with van der Waals surface area (Å²) in [6.45, 7) is 11.5. The van der Waals surface area contributed by atoms with Crippen molar-refractivity contribution in [3.63, 3.8) is 0 Å². The molecule has 0 aliphatic carbocycles. The molecule has 0 bridgehead atoms. The van der Waals surface area contributed by atoms with Crippen LogP contribution in [0.5, 0.6) is 0 Å². The van der Waals surface area contributed by atoms with Crippen molar-refractivity contribution < 1.29 is 4.39 Å². The van der Waals surface area contributed by atoms with Crippen LogP contribution < -0.4 is 10.2 Å². The Morgan fingerprint density at radius 1 is 1.25 bits per heavy atom. The Bertz CT molecular complexity index is 435.